The maximum atomic E-state index is 12.7. The number of rotatable bonds is 3. The highest BCUT2D eigenvalue weighted by Gasteiger charge is 2.17. The van der Waals surface area contributed by atoms with Gasteiger partial charge in [0.15, 0.2) is 11.2 Å². The molecule has 0 aliphatic carbocycles. The van der Waals surface area contributed by atoms with Gasteiger partial charge < -0.3 is 9.73 Å². The van der Waals surface area contributed by atoms with E-state index in [1.54, 1.807) is 24.4 Å². The van der Waals surface area contributed by atoms with Gasteiger partial charge in [-0.2, -0.15) is 4.98 Å². The fraction of sp³-hybridized carbons (Fsp3) is 0. The lowest BCUT2D eigenvalue weighted by Gasteiger charge is -2.04. The highest BCUT2D eigenvalue weighted by atomic mass is 35.5. The first-order chi connectivity index (χ1) is 13.7. The van der Waals surface area contributed by atoms with Crippen LogP contribution in [0, 0.1) is 0 Å². The molecule has 3 aromatic heterocycles. The molecule has 5 aromatic rings. The SMILES string of the molecule is O=C(Nc1ccc(-c2nc3ncccc3o2)cc1)c1sc2ccccc2c1Cl. The minimum Gasteiger partial charge on any atom is -0.434 e. The Kier molecular flexibility index (Phi) is 4.07. The second kappa shape index (κ2) is 6.74. The van der Waals surface area contributed by atoms with E-state index in [0.29, 0.717) is 32.7 Å². The van der Waals surface area contributed by atoms with Crippen LogP contribution < -0.4 is 5.32 Å². The summed E-state index contributed by atoms with van der Waals surface area (Å²) >= 11 is 7.76. The fourth-order valence-corrected chi connectivity index (χ4v) is 4.35. The molecule has 1 amide bonds. The van der Waals surface area contributed by atoms with Gasteiger partial charge in [-0.25, -0.2) is 4.98 Å². The smallest absolute Gasteiger partial charge is 0.267 e. The molecule has 0 fully saturated rings. The van der Waals surface area contributed by atoms with E-state index >= 15 is 0 Å². The Labute approximate surface area is 168 Å². The van der Waals surface area contributed by atoms with E-state index in [0.717, 1.165) is 15.6 Å². The number of nitrogens with zero attached hydrogens (tertiary/aromatic N) is 2. The van der Waals surface area contributed by atoms with Crippen molar-refractivity contribution in [1.29, 1.82) is 0 Å². The summed E-state index contributed by atoms with van der Waals surface area (Å²) in [6.45, 7) is 0. The number of thiophene rings is 1. The van der Waals surface area contributed by atoms with Crippen molar-refractivity contribution >= 4 is 55.8 Å². The van der Waals surface area contributed by atoms with E-state index in [-0.39, 0.29) is 5.91 Å². The number of benzene rings is 2. The number of nitrogens with one attached hydrogen (secondary N) is 1. The predicted molar refractivity (Wildman–Crippen MR) is 112 cm³/mol. The van der Waals surface area contributed by atoms with Crippen LogP contribution in [0.1, 0.15) is 9.67 Å². The number of hydrogen-bond acceptors (Lipinski definition) is 5. The number of anilines is 1. The zero-order chi connectivity index (χ0) is 19.1. The summed E-state index contributed by atoms with van der Waals surface area (Å²) in [4.78, 5) is 21.7. The van der Waals surface area contributed by atoms with Gasteiger partial charge in [0.05, 0.1) is 5.02 Å². The highest BCUT2D eigenvalue weighted by Crippen LogP contribution is 2.35. The third-order valence-corrected chi connectivity index (χ3v) is 5.97. The summed E-state index contributed by atoms with van der Waals surface area (Å²) in [6, 6.07) is 18.6. The molecule has 0 spiro atoms. The van der Waals surface area contributed by atoms with E-state index in [2.05, 4.69) is 15.3 Å². The average Bonchev–Trinajstić information content (AvgIpc) is 3.30. The minimum atomic E-state index is -0.231. The predicted octanol–water partition coefficient (Wildman–Crippen LogP) is 6.01. The summed E-state index contributed by atoms with van der Waals surface area (Å²) in [5, 5.41) is 4.26. The number of amides is 1. The quantitative estimate of drug-likeness (QED) is 0.399. The molecule has 0 aliphatic rings. The molecule has 3 heterocycles. The van der Waals surface area contributed by atoms with E-state index in [4.69, 9.17) is 16.0 Å². The minimum absolute atomic E-state index is 0.231. The number of carbonyl (C=O) groups is 1. The normalized spacial score (nSPS) is 11.2. The van der Waals surface area contributed by atoms with Crippen LogP contribution in [0.25, 0.3) is 32.8 Å². The number of aromatic nitrogens is 2. The topological polar surface area (TPSA) is 68.0 Å². The first-order valence-corrected chi connectivity index (χ1v) is 9.69. The molecule has 0 radical (unpaired) electrons. The molecule has 136 valence electrons. The van der Waals surface area contributed by atoms with Gasteiger partial charge in [-0.15, -0.1) is 11.3 Å². The van der Waals surface area contributed by atoms with E-state index in [1.165, 1.54) is 11.3 Å². The van der Waals surface area contributed by atoms with Gasteiger partial charge in [0, 0.05) is 27.5 Å². The molecule has 5 nitrogen and oxygen atoms in total. The lowest BCUT2D eigenvalue weighted by atomic mass is 10.2. The van der Waals surface area contributed by atoms with Crippen LogP contribution in [0.4, 0.5) is 5.69 Å². The molecule has 28 heavy (non-hydrogen) atoms. The maximum Gasteiger partial charge on any atom is 0.267 e. The molecule has 0 bridgehead atoms. The number of carbonyl (C=O) groups excluding carboxylic acids is 1. The second-order valence-corrected chi connectivity index (χ2v) is 7.55. The van der Waals surface area contributed by atoms with Gasteiger partial charge in [0.25, 0.3) is 5.91 Å². The molecule has 0 saturated heterocycles. The summed E-state index contributed by atoms with van der Waals surface area (Å²) in [7, 11) is 0. The van der Waals surface area contributed by atoms with Crippen molar-refractivity contribution in [3.05, 3.63) is 76.8 Å². The van der Waals surface area contributed by atoms with Crippen LogP contribution in [-0.2, 0) is 0 Å². The van der Waals surface area contributed by atoms with Gasteiger partial charge in [-0.3, -0.25) is 4.79 Å². The highest BCUT2D eigenvalue weighted by molar-refractivity contribution is 7.21. The van der Waals surface area contributed by atoms with Crippen molar-refractivity contribution in [3.8, 4) is 11.5 Å². The Balaban J connectivity index is 1.39. The lowest BCUT2D eigenvalue weighted by Crippen LogP contribution is -2.10. The Morgan fingerprint density at radius 2 is 1.86 bits per heavy atom. The molecular formula is C21H12ClN3O2S. The van der Waals surface area contributed by atoms with Crippen LogP contribution in [0.5, 0.6) is 0 Å². The number of oxazole rings is 1. The van der Waals surface area contributed by atoms with Gasteiger partial charge >= 0.3 is 0 Å². The standard InChI is InChI=1S/C21H12ClN3O2S/c22-17-14-4-1-2-6-16(14)28-18(17)20(26)24-13-9-7-12(8-10-13)21-25-19-15(27-21)5-3-11-23-19/h1-11H,(H,24,26). The first-order valence-electron chi connectivity index (χ1n) is 8.49. The monoisotopic (exact) mass is 405 g/mol. The zero-order valence-electron chi connectivity index (χ0n) is 14.3. The number of hydrogen-bond donors (Lipinski definition) is 1. The Morgan fingerprint density at radius 1 is 1.04 bits per heavy atom. The number of halogens is 1. The molecule has 0 atom stereocenters. The van der Waals surface area contributed by atoms with Gasteiger partial charge in [-0.1, -0.05) is 29.8 Å². The van der Waals surface area contributed by atoms with Crippen LogP contribution >= 0.6 is 22.9 Å². The van der Waals surface area contributed by atoms with Crippen LogP contribution in [0.2, 0.25) is 5.02 Å². The summed E-state index contributed by atoms with van der Waals surface area (Å²) in [6.07, 6.45) is 1.67. The Morgan fingerprint density at radius 3 is 2.64 bits per heavy atom. The van der Waals surface area contributed by atoms with E-state index in [1.807, 2.05) is 42.5 Å². The van der Waals surface area contributed by atoms with Gasteiger partial charge in [-0.05, 0) is 42.5 Å². The Hall–Kier alpha value is -3.22. The van der Waals surface area contributed by atoms with Crippen molar-refractivity contribution in [2.45, 2.75) is 0 Å². The summed E-state index contributed by atoms with van der Waals surface area (Å²) < 4.78 is 6.70. The van der Waals surface area contributed by atoms with Crippen LogP contribution in [0.3, 0.4) is 0 Å². The van der Waals surface area contributed by atoms with Crippen LogP contribution in [0.15, 0.2) is 71.3 Å². The van der Waals surface area contributed by atoms with Crippen molar-refractivity contribution in [1.82, 2.24) is 9.97 Å². The molecule has 0 aliphatic heterocycles. The van der Waals surface area contributed by atoms with Crippen molar-refractivity contribution in [2.75, 3.05) is 5.32 Å². The van der Waals surface area contributed by atoms with Crippen molar-refractivity contribution < 1.29 is 9.21 Å². The third-order valence-electron chi connectivity index (χ3n) is 4.30. The van der Waals surface area contributed by atoms with Gasteiger partial charge in [0.1, 0.15) is 4.88 Å². The average molecular weight is 406 g/mol. The molecule has 2 aromatic carbocycles. The Bertz CT molecular complexity index is 1290. The molecule has 7 heteroatoms. The van der Waals surface area contributed by atoms with Gasteiger partial charge in [0.2, 0.25) is 5.89 Å². The largest absolute Gasteiger partial charge is 0.434 e. The lowest BCUT2D eigenvalue weighted by molar-refractivity contribution is 0.103. The zero-order valence-corrected chi connectivity index (χ0v) is 15.9. The van der Waals surface area contributed by atoms with E-state index in [9.17, 15) is 4.79 Å². The number of pyridine rings is 1. The number of fused-ring (bicyclic) bond motifs is 2. The third kappa shape index (κ3) is 2.93. The van der Waals surface area contributed by atoms with Crippen LogP contribution in [-0.4, -0.2) is 15.9 Å². The summed E-state index contributed by atoms with van der Waals surface area (Å²) in [5.74, 6) is 0.254. The van der Waals surface area contributed by atoms with Crippen molar-refractivity contribution in [2.24, 2.45) is 0 Å². The molecule has 5 rings (SSSR count). The molecule has 0 saturated carbocycles. The molecule has 1 N–H and O–H groups in total. The summed E-state index contributed by atoms with van der Waals surface area (Å²) in [5.41, 5.74) is 2.66. The maximum absolute atomic E-state index is 12.7. The van der Waals surface area contributed by atoms with E-state index < -0.39 is 0 Å². The first kappa shape index (κ1) is 16.9. The molecular weight excluding hydrogens is 394 g/mol. The molecule has 0 unspecified atom stereocenters. The fourth-order valence-electron chi connectivity index (χ4n) is 2.94. The second-order valence-electron chi connectivity index (χ2n) is 6.12. The van der Waals surface area contributed by atoms with Crippen molar-refractivity contribution in [3.63, 3.8) is 0 Å².